The van der Waals surface area contributed by atoms with Crippen LogP contribution < -0.4 is 19.7 Å². The van der Waals surface area contributed by atoms with Crippen LogP contribution in [0, 0.1) is 0 Å². The van der Waals surface area contributed by atoms with Gasteiger partial charge in [-0.1, -0.05) is 58.9 Å². The lowest BCUT2D eigenvalue weighted by molar-refractivity contribution is 0.0894. The molecule has 1 atom stereocenters. The van der Waals surface area contributed by atoms with Gasteiger partial charge in [0, 0.05) is 35.0 Å². The van der Waals surface area contributed by atoms with Crippen molar-refractivity contribution in [2.45, 2.75) is 104 Å². The number of methoxy groups -OCH3 is 1. The Hall–Kier alpha value is -4.33. The highest BCUT2D eigenvalue weighted by molar-refractivity contribution is 5.96. The number of H-pyrrole nitrogens is 1. The molecule has 1 aliphatic rings. The standard InChI is InChI=1S/C40H52N4O4/c1-6-9-12-14-29-22-34-35(23-32(29)27-45)42-39(41-34)40(4,19-11-8-3)43-38(46)30-16-15-28(13-10-7-2)36(24-30)44-20-21-48-37-25-33(47-5)18-17-31(37)26-44/h15-18,22-25,27H,6-14,19-21,26H2,1-5H3,(H,41,42)(H,43,46). The minimum Gasteiger partial charge on any atom is -0.497 e. The van der Waals surface area contributed by atoms with Crippen LogP contribution in [-0.2, 0) is 24.9 Å². The number of amides is 1. The third kappa shape index (κ3) is 8.03. The second kappa shape index (κ2) is 16.2. The fourth-order valence-corrected chi connectivity index (χ4v) is 6.63. The molecule has 0 spiro atoms. The summed E-state index contributed by atoms with van der Waals surface area (Å²) in [5.41, 5.74) is 6.64. The van der Waals surface area contributed by atoms with Gasteiger partial charge in [0.2, 0.25) is 0 Å². The summed E-state index contributed by atoms with van der Waals surface area (Å²) in [6.07, 6.45) is 10.8. The monoisotopic (exact) mass is 652 g/mol. The Morgan fingerprint density at radius 1 is 1.00 bits per heavy atom. The van der Waals surface area contributed by atoms with Crippen molar-refractivity contribution in [2.75, 3.05) is 25.2 Å². The zero-order valence-corrected chi connectivity index (χ0v) is 29.4. The number of carbonyl (C=O) groups is 2. The summed E-state index contributed by atoms with van der Waals surface area (Å²) >= 11 is 0. The fourth-order valence-electron chi connectivity index (χ4n) is 6.63. The Bertz CT molecular complexity index is 1710. The topological polar surface area (TPSA) is 96.6 Å². The van der Waals surface area contributed by atoms with E-state index in [0.717, 1.165) is 110 Å². The van der Waals surface area contributed by atoms with E-state index >= 15 is 0 Å². The molecular weight excluding hydrogens is 600 g/mol. The number of hydrogen-bond acceptors (Lipinski definition) is 6. The van der Waals surface area contributed by atoms with E-state index in [1.165, 1.54) is 5.56 Å². The van der Waals surface area contributed by atoms with Gasteiger partial charge in [-0.15, -0.1) is 0 Å². The Labute approximate surface area is 285 Å². The minimum atomic E-state index is -0.731. The number of nitrogens with one attached hydrogen (secondary N) is 2. The number of aromatic nitrogens is 2. The van der Waals surface area contributed by atoms with Gasteiger partial charge in [0.05, 0.1) is 30.2 Å². The molecule has 4 aromatic rings. The van der Waals surface area contributed by atoms with Gasteiger partial charge >= 0.3 is 0 Å². The van der Waals surface area contributed by atoms with Crippen LogP contribution in [0.4, 0.5) is 5.69 Å². The lowest BCUT2D eigenvalue weighted by Crippen LogP contribution is -2.44. The molecule has 1 amide bonds. The summed E-state index contributed by atoms with van der Waals surface area (Å²) in [6, 6.07) is 16.0. The molecule has 256 valence electrons. The molecule has 0 aliphatic carbocycles. The number of benzene rings is 3. The van der Waals surface area contributed by atoms with Crippen molar-refractivity contribution in [3.8, 4) is 11.5 Å². The molecule has 0 bridgehead atoms. The average Bonchev–Trinajstić information content (AvgIpc) is 3.41. The highest BCUT2D eigenvalue weighted by atomic mass is 16.5. The Kier molecular flexibility index (Phi) is 11.8. The summed E-state index contributed by atoms with van der Waals surface area (Å²) in [6.45, 7) is 10.5. The molecule has 1 aromatic heterocycles. The maximum absolute atomic E-state index is 14.2. The minimum absolute atomic E-state index is 0.137. The number of aryl methyl sites for hydroxylation is 2. The highest BCUT2D eigenvalue weighted by Gasteiger charge is 2.32. The van der Waals surface area contributed by atoms with Crippen molar-refractivity contribution in [1.29, 1.82) is 0 Å². The van der Waals surface area contributed by atoms with Gasteiger partial charge in [0.25, 0.3) is 5.91 Å². The number of imidazole rings is 1. The van der Waals surface area contributed by atoms with Gasteiger partial charge in [0.1, 0.15) is 30.2 Å². The summed E-state index contributed by atoms with van der Waals surface area (Å²) in [4.78, 5) is 36.9. The predicted octanol–water partition coefficient (Wildman–Crippen LogP) is 8.69. The summed E-state index contributed by atoms with van der Waals surface area (Å²) in [5.74, 6) is 2.18. The van der Waals surface area contributed by atoms with Crippen molar-refractivity contribution < 1.29 is 19.1 Å². The van der Waals surface area contributed by atoms with E-state index in [4.69, 9.17) is 14.5 Å². The average molecular weight is 653 g/mol. The van der Waals surface area contributed by atoms with E-state index < -0.39 is 5.54 Å². The first kappa shape index (κ1) is 35.0. The van der Waals surface area contributed by atoms with E-state index in [2.05, 4.69) is 61.1 Å². The molecule has 0 saturated heterocycles. The van der Waals surface area contributed by atoms with E-state index in [1.54, 1.807) is 7.11 Å². The maximum Gasteiger partial charge on any atom is 0.252 e. The predicted molar refractivity (Wildman–Crippen MR) is 194 cm³/mol. The van der Waals surface area contributed by atoms with Crippen molar-refractivity contribution in [3.63, 3.8) is 0 Å². The molecule has 8 nitrogen and oxygen atoms in total. The zero-order chi connectivity index (χ0) is 34.1. The second-order valence-corrected chi connectivity index (χ2v) is 13.3. The van der Waals surface area contributed by atoms with Crippen LogP contribution in [0.5, 0.6) is 11.5 Å². The zero-order valence-electron chi connectivity index (χ0n) is 29.4. The quantitative estimate of drug-likeness (QED) is 0.0929. The van der Waals surface area contributed by atoms with E-state index in [-0.39, 0.29) is 5.91 Å². The van der Waals surface area contributed by atoms with Crippen molar-refractivity contribution in [1.82, 2.24) is 15.3 Å². The van der Waals surface area contributed by atoms with Crippen LogP contribution in [0.25, 0.3) is 11.0 Å². The number of ether oxygens (including phenoxy) is 2. The Morgan fingerprint density at radius 3 is 2.54 bits per heavy atom. The third-order valence-corrected chi connectivity index (χ3v) is 9.60. The smallest absolute Gasteiger partial charge is 0.252 e. The van der Waals surface area contributed by atoms with Crippen LogP contribution in [0.15, 0.2) is 48.5 Å². The first-order valence-electron chi connectivity index (χ1n) is 17.8. The number of unbranched alkanes of at least 4 members (excludes halogenated alkanes) is 4. The van der Waals surface area contributed by atoms with Gasteiger partial charge in [-0.2, -0.15) is 0 Å². The molecule has 2 N–H and O–H groups in total. The van der Waals surface area contributed by atoms with Crippen LogP contribution in [0.1, 0.15) is 122 Å². The maximum atomic E-state index is 14.2. The SMILES string of the molecule is CCCCCc1cc2[nH]c(C(C)(CCCC)NC(=O)c3ccc(CCCC)c(N4CCOc5cc(OC)ccc5C4)c3)nc2cc1C=O. The molecular formula is C40H52N4O4. The van der Waals surface area contributed by atoms with Crippen LogP contribution in [0.2, 0.25) is 0 Å². The number of aromatic amines is 1. The molecule has 0 saturated carbocycles. The van der Waals surface area contributed by atoms with E-state index in [1.807, 2.05) is 30.3 Å². The molecule has 48 heavy (non-hydrogen) atoms. The van der Waals surface area contributed by atoms with Crippen molar-refractivity contribution in [2.24, 2.45) is 0 Å². The van der Waals surface area contributed by atoms with Gasteiger partial charge in [-0.25, -0.2) is 4.98 Å². The fraction of sp³-hybridized carbons (Fsp3) is 0.475. The molecule has 0 radical (unpaired) electrons. The molecule has 3 aromatic carbocycles. The highest BCUT2D eigenvalue weighted by Crippen LogP contribution is 2.34. The molecule has 2 heterocycles. The first-order valence-corrected chi connectivity index (χ1v) is 17.8. The largest absolute Gasteiger partial charge is 0.497 e. The van der Waals surface area contributed by atoms with Crippen LogP contribution in [0.3, 0.4) is 0 Å². The number of fused-ring (bicyclic) bond motifs is 2. The molecule has 1 aliphatic heterocycles. The number of carbonyl (C=O) groups excluding carboxylic acids is 2. The van der Waals surface area contributed by atoms with E-state index in [9.17, 15) is 9.59 Å². The number of aldehydes is 1. The van der Waals surface area contributed by atoms with Crippen molar-refractivity contribution in [3.05, 3.63) is 82.2 Å². The Morgan fingerprint density at radius 2 is 1.79 bits per heavy atom. The summed E-state index contributed by atoms with van der Waals surface area (Å²) in [7, 11) is 1.66. The number of nitrogens with zero attached hydrogens (tertiary/aromatic N) is 2. The molecule has 0 fully saturated rings. The number of rotatable bonds is 16. The molecule has 8 heteroatoms. The second-order valence-electron chi connectivity index (χ2n) is 13.3. The van der Waals surface area contributed by atoms with Gasteiger partial charge in [-0.05, 0) is 86.6 Å². The Balaban J connectivity index is 1.45. The normalized spacial score (nSPS) is 14.1. The van der Waals surface area contributed by atoms with Crippen LogP contribution in [-0.4, -0.2) is 42.4 Å². The van der Waals surface area contributed by atoms with Gasteiger partial charge in [0.15, 0.2) is 0 Å². The van der Waals surface area contributed by atoms with Gasteiger partial charge in [-0.3, -0.25) is 9.59 Å². The van der Waals surface area contributed by atoms with Gasteiger partial charge < -0.3 is 24.7 Å². The lowest BCUT2D eigenvalue weighted by atomic mass is 9.93. The number of hydrogen-bond donors (Lipinski definition) is 2. The van der Waals surface area contributed by atoms with E-state index in [0.29, 0.717) is 36.6 Å². The summed E-state index contributed by atoms with van der Waals surface area (Å²) in [5, 5.41) is 3.38. The van der Waals surface area contributed by atoms with Crippen LogP contribution >= 0.6 is 0 Å². The number of anilines is 1. The summed E-state index contributed by atoms with van der Waals surface area (Å²) < 4.78 is 11.6. The molecule has 1 unspecified atom stereocenters. The molecule has 5 rings (SSSR count). The first-order chi connectivity index (χ1) is 23.3. The lowest BCUT2D eigenvalue weighted by Gasteiger charge is -2.30. The van der Waals surface area contributed by atoms with Crippen molar-refractivity contribution >= 4 is 28.9 Å². The third-order valence-electron chi connectivity index (χ3n) is 9.60.